The maximum atomic E-state index is 4.67. The van der Waals surface area contributed by atoms with Crippen molar-refractivity contribution in [2.75, 3.05) is 12.4 Å². The molecule has 2 aromatic heterocycles. The fourth-order valence-electron chi connectivity index (χ4n) is 2.13. The van der Waals surface area contributed by atoms with Crippen LogP contribution in [-0.4, -0.2) is 22.0 Å². The smallest absolute Gasteiger partial charge is 0.162 e. The minimum Gasteiger partial charge on any atom is -0.373 e. The van der Waals surface area contributed by atoms with Crippen LogP contribution in [0.1, 0.15) is 5.56 Å². The molecule has 0 saturated heterocycles. The second-order valence-corrected chi connectivity index (χ2v) is 4.83. The van der Waals surface area contributed by atoms with Gasteiger partial charge in [0.25, 0.3) is 0 Å². The van der Waals surface area contributed by atoms with Gasteiger partial charge in [0.1, 0.15) is 5.82 Å². The zero-order chi connectivity index (χ0) is 14.7. The zero-order valence-corrected chi connectivity index (χ0v) is 12.0. The number of nitrogens with one attached hydrogen (secondary N) is 1. The topological polar surface area (TPSA) is 50.7 Å². The van der Waals surface area contributed by atoms with Crippen molar-refractivity contribution in [1.29, 1.82) is 0 Å². The molecule has 3 rings (SSSR count). The molecule has 0 aliphatic rings. The van der Waals surface area contributed by atoms with Crippen LogP contribution in [0.2, 0.25) is 0 Å². The lowest BCUT2D eigenvalue weighted by atomic mass is 10.1. The molecule has 3 aromatic rings. The average molecular weight is 276 g/mol. The maximum absolute atomic E-state index is 4.67. The number of aryl methyl sites for hydroxylation is 1. The highest BCUT2D eigenvalue weighted by Crippen LogP contribution is 2.24. The molecule has 0 aliphatic carbocycles. The Morgan fingerprint density at radius 3 is 2.43 bits per heavy atom. The minimum atomic E-state index is 0.707. The van der Waals surface area contributed by atoms with Crippen LogP contribution in [0.25, 0.3) is 22.6 Å². The fraction of sp³-hybridized carbons (Fsp3) is 0.118. The summed E-state index contributed by atoms with van der Waals surface area (Å²) in [6.07, 6.45) is 3.66. The first-order valence-electron chi connectivity index (χ1n) is 6.80. The summed E-state index contributed by atoms with van der Waals surface area (Å²) in [7, 11) is 1.86. The van der Waals surface area contributed by atoms with Crippen molar-refractivity contribution in [3.8, 4) is 22.6 Å². The molecular weight excluding hydrogens is 260 g/mol. The van der Waals surface area contributed by atoms with Crippen LogP contribution in [0.5, 0.6) is 0 Å². The molecular formula is C17H16N4. The van der Waals surface area contributed by atoms with E-state index in [0.717, 1.165) is 28.2 Å². The lowest BCUT2D eigenvalue weighted by Crippen LogP contribution is -1.99. The number of nitrogens with zero attached hydrogens (tertiary/aromatic N) is 3. The van der Waals surface area contributed by atoms with Crippen LogP contribution >= 0.6 is 0 Å². The molecule has 0 spiro atoms. The Labute approximate surface area is 123 Å². The first-order chi connectivity index (χ1) is 10.3. The first kappa shape index (κ1) is 13.2. The van der Waals surface area contributed by atoms with E-state index < -0.39 is 0 Å². The Morgan fingerprint density at radius 1 is 0.905 bits per heavy atom. The fourth-order valence-corrected chi connectivity index (χ4v) is 2.13. The van der Waals surface area contributed by atoms with Gasteiger partial charge in [-0.25, -0.2) is 9.97 Å². The van der Waals surface area contributed by atoms with Gasteiger partial charge < -0.3 is 5.32 Å². The van der Waals surface area contributed by atoms with Gasteiger partial charge in [-0.1, -0.05) is 30.3 Å². The van der Waals surface area contributed by atoms with Gasteiger partial charge in [-0.15, -0.1) is 0 Å². The van der Waals surface area contributed by atoms with Gasteiger partial charge in [0, 0.05) is 36.6 Å². The number of pyridine rings is 1. The highest BCUT2D eigenvalue weighted by molar-refractivity contribution is 5.67. The summed E-state index contributed by atoms with van der Waals surface area (Å²) in [5, 5.41) is 3.09. The molecule has 0 unspecified atom stereocenters. The maximum Gasteiger partial charge on any atom is 0.162 e. The third kappa shape index (κ3) is 2.89. The number of benzene rings is 1. The lowest BCUT2D eigenvalue weighted by molar-refractivity contribution is 1.16. The molecule has 1 aromatic carbocycles. The largest absolute Gasteiger partial charge is 0.373 e. The number of aromatic nitrogens is 3. The Kier molecular flexibility index (Phi) is 3.60. The summed E-state index contributed by atoms with van der Waals surface area (Å²) in [5.41, 5.74) is 3.96. The van der Waals surface area contributed by atoms with Gasteiger partial charge in [-0.05, 0) is 18.6 Å². The third-order valence-corrected chi connectivity index (χ3v) is 3.19. The molecule has 0 amide bonds. The monoisotopic (exact) mass is 276 g/mol. The van der Waals surface area contributed by atoms with E-state index in [1.54, 1.807) is 0 Å². The summed E-state index contributed by atoms with van der Waals surface area (Å²) >= 11 is 0. The van der Waals surface area contributed by atoms with E-state index in [2.05, 4.69) is 26.3 Å². The molecule has 0 bridgehead atoms. The van der Waals surface area contributed by atoms with E-state index in [9.17, 15) is 0 Å². The van der Waals surface area contributed by atoms with E-state index in [4.69, 9.17) is 0 Å². The van der Waals surface area contributed by atoms with E-state index in [1.165, 1.54) is 0 Å². The van der Waals surface area contributed by atoms with Crippen molar-refractivity contribution in [2.45, 2.75) is 6.92 Å². The second-order valence-electron chi connectivity index (χ2n) is 4.83. The normalized spacial score (nSPS) is 10.4. The van der Waals surface area contributed by atoms with E-state index in [-0.39, 0.29) is 0 Å². The predicted octanol–water partition coefficient (Wildman–Crippen LogP) is 3.56. The van der Waals surface area contributed by atoms with Gasteiger partial charge >= 0.3 is 0 Å². The Hall–Kier alpha value is -2.75. The summed E-state index contributed by atoms with van der Waals surface area (Å²) in [6.45, 7) is 2.02. The molecule has 4 heteroatoms. The number of hydrogen-bond acceptors (Lipinski definition) is 4. The Morgan fingerprint density at radius 2 is 1.71 bits per heavy atom. The summed E-state index contributed by atoms with van der Waals surface area (Å²) < 4.78 is 0. The summed E-state index contributed by atoms with van der Waals surface area (Å²) in [5.74, 6) is 1.50. The van der Waals surface area contributed by atoms with Crippen LogP contribution in [0.3, 0.4) is 0 Å². The molecule has 1 N–H and O–H groups in total. The molecule has 21 heavy (non-hydrogen) atoms. The number of hydrogen-bond donors (Lipinski definition) is 1. The molecule has 0 radical (unpaired) electrons. The molecule has 0 fully saturated rings. The van der Waals surface area contributed by atoms with Crippen molar-refractivity contribution < 1.29 is 0 Å². The van der Waals surface area contributed by atoms with Crippen molar-refractivity contribution in [3.63, 3.8) is 0 Å². The summed E-state index contributed by atoms with van der Waals surface area (Å²) in [4.78, 5) is 13.4. The van der Waals surface area contributed by atoms with Gasteiger partial charge in [-0.3, -0.25) is 4.98 Å². The van der Waals surface area contributed by atoms with E-state index in [0.29, 0.717) is 5.82 Å². The molecule has 4 nitrogen and oxygen atoms in total. The van der Waals surface area contributed by atoms with Gasteiger partial charge in [0.05, 0.1) is 5.69 Å². The predicted molar refractivity (Wildman–Crippen MR) is 85.0 cm³/mol. The number of anilines is 1. The van der Waals surface area contributed by atoms with Crippen molar-refractivity contribution in [1.82, 2.24) is 15.0 Å². The molecule has 0 atom stereocenters. The van der Waals surface area contributed by atoms with Crippen LogP contribution in [0, 0.1) is 6.92 Å². The summed E-state index contributed by atoms with van der Waals surface area (Å²) in [6, 6.07) is 14.0. The SMILES string of the molecule is CNc1cc(-c2cncc(C)c2)nc(-c2ccccc2)n1. The van der Waals surface area contributed by atoms with Crippen molar-refractivity contribution in [3.05, 3.63) is 60.4 Å². The van der Waals surface area contributed by atoms with Crippen molar-refractivity contribution in [2.24, 2.45) is 0 Å². The highest BCUT2D eigenvalue weighted by atomic mass is 15.0. The Bertz CT molecular complexity index is 754. The molecule has 104 valence electrons. The van der Waals surface area contributed by atoms with E-state index in [1.807, 2.05) is 62.8 Å². The third-order valence-electron chi connectivity index (χ3n) is 3.19. The molecule has 0 saturated carbocycles. The first-order valence-corrected chi connectivity index (χ1v) is 6.80. The minimum absolute atomic E-state index is 0.707. The molecule has 0 aliphatic heterocycles. The van der Waals surface area contributed by atoms with Crippen LogP contribution in [0.15, 0.2) is 54.9 Å². The van der Waals surface area contributed by atoms with Gasteiger partial charge in [-0.2, -0.15) is 0 Å². The number of rotatable bonds is 3. The van der Waals surface area contributed by atoms with Crippen LogP contribution < -0.4 is 5.32 Å². The van der Waals surface area contributed by atoms with Gasteiger partial charge in [0.15, 0.2) is 5.82 Å². The van der Waals surface area contributed by atoms with Crippen LogP contribution in [-0.2, 0) is 0 Å². The quantitative estimate of drug-likeness (QED) is 0.794. The standard InChI is InChI=1S/C17H16N4/c1-12-8-14(11-19-10-12)15-9-16(18-2)21-17(20-15)13-6-4-3-5-7-13/h3-11H,1-2H3,(H,18,20,21). The van der Waals surface area contributed by atoms with E-state index >= 15 is 0 Å². The lowest BCUT2D eigenvalue weighted by Gasteiger charge is -2.08. The van der Waals surface area contributed by atoms with Gasteiger partial charge in [0.2, 0.25) is 0 Å². The highest BCUT2D eigenvalue weighted by Gasteiger charge is 2.08. The van der Waals surface area contributed by atoms with Crippen molar-refractivity contribution >= 4 is 5.82 Å². The molecule has 2 heterocycles. The Balaban J connectivity index is 2.14. The second kappa shape index (κ2) is 5.71. The average Bonchev–Trinajstić information content (AvgIpc) is 2.55. The zero-order valence-electron chi connectivity index (χ0n) is 12.0. The van der Waals surface area contributed by atoms with Crippen LogP contribution in [0.4, 0.5) is 5.82 Å².